The molecule has 8 heteroatoms. The van der Waals surface area contributed by atoms with Crippen LogP contribution in [0.3, 0.4) is 0 Å². The molecule has 220 valence electrons. The van der Waals surface area contributed by atoms with Crippen LogP contribution in [-0.4, -0.2) is 47.1 Å². The van der Waals surface area contributed by atoms with Crippen molar-refractivity contribution in [3.8, 4) is 11.3 Å². The van der Waals surface area contributed by atoms with Gasteiger partial charge in [-0.2, -0.15) is 5.10 Å². The third-order valence-corrected chi connectivity index (χ3v) is 10.2. The summed E-state index contributed by atoms with van der Waals surface area (Å²) in [6.07, 6.45) is 2.14. The van der Waals surface area contributed by atoms with Crippen LogP contribution in [0.15, 0.2) is 91.0 Å². The first kappa shape index (κ1) is 28.8. The molecule has 1 fully saturated rings. The van der Waals surface area contributed by atoms with Gasteiger partial charge in [-0.05, 0) is 48.9 Å². The molecule has 1 saturated heterocycles. The molecular formula is C35H36N4O3S. The van der Waals surface area contributed by atoms with E-state index in [1.165, 1.54) is 16.7 Å². The van der Waals surface area contributed by atoms with Gasteiger partial charge in [0.2, 0.25) is 0 Å². The van der Waals surface area contributed by atoms with Gasteiger partial charge in [-0.25, -0.2) is 18.1 Å². The molecule has 0 saturated carbocycles. The Hall–Kier alpha value is -4.30. The Morgan fingerprint density at radius 3 is 2.21 bits per heavy atom. The molecule has 0 bridgehead atoms. The van der Waals surface area contributed by atoms with Crippen LogP contribution in [0.1, 0.15) is 64.5 Å². The molecule has 43 heavy (non-hydrogen) atoms. The zero-order valence-electron chi connectivity index (χ0n) is 24.5. The van der Waals surface area contributed by atoms with E-state index < -0.39 is 9.84 Å². The SMILES string of the molecule is CCc1ccc(-c2cc(C(=O)NCCC(c3ccccc3)c3ccccc3)c3c(C)nn(C4CCS(=O)(=O)C4)c3n2)cc1. The second-order valence-corrected chi connectivity index (χ2v) is 13.5. The summed E-state index contributed by atoms with van der Waals surface area (Å²) < 4.78 is 26.4. The maximum absolute atomic E-state index is 13.9. The number of hydrogen-bond donors (Lipinski definition) is 1. The normalized spacial score (nSPS) is 16.1. The third-order valence-electron chi connectivity index (χ3n) is 8.42. The maximum Gasteiger partial charge on any atom is 0.252 e. The smallest absolute Gasteiger partial charge is 0.252 e. The first-order valence-corrected chi connectivity index (χ1v) is 16.7. The number of rotatable bonds is 9. The number of pyridine rings is 1. The number of benzene rings is 3. The summed E-state index contributed by atoms with van der Waals surface area (Å²) >= 11 is 0. The summed E-state index contributed by atoms with van der Waals surface area (Å²) in [7, 11) is -3.13. The van der Waals surface area contributed by atoms with Crippen LogP contribution in [0, 0.1) is 6.92 Å². The number of nitrogens with one attached hydrogen (secondary N) is 1. The van der Waals surface area contributed by atoms with Crippen molar-refractivity contribution in [3.05, 3.63) is 119 Å². The molecule has 1 aliphatic rings. The highest BCUT2D eigenvalue weighted by molar-refractivity contribution is 7.91. The quantitative estimate of drug-likeness (QED) is 0.217. The number of sulfone groups is 1. The number of hydrogen-bond acceptors (Lipinski definition) is 5. The monoisotopic (exact) mass is 592 g/mol. The molecule has 6 rings (SSSR count). The van der Waals surface area contributed by atoms with Gasteiger partial charge >= 0.3 is 0 Å². The van der Waals surface area contributed by atoms with Crippen LogP contribution >= 0.6 is 0 Å². The number of fused-ring (bicyclic) bond motifs is 1. The van der Waals surface area contributed by atoms with Gasteiger partial charge in [0.1, 0.15) is 0 Å². The van der Waals surface area contributed by atoms with E-state index in [4.69, 9.17) is 10.1 Å². The van der Waals surface area contributed by atoms with Gasteiger partial charge in [-0.15, -0.1) is 0 Å². The Bertz CT molecular complexity index is 1810. The zero-order chi connectivity index (χ0) is 30.0. The summed E-state index contributed by atoms with van der Waals surface area (Å²) in [5, 5.41) is 8.58. The number of carbonyl (C=O) groups is 1. The van der Waals surface area contributed by atoms with E-state index in [1.54, 1.807) is 4.68 Å². The molecule has 2 aromatic heterocycles. The lowest BCUT2D eigenvalue weighted by atomic mass is 9.88. The van der Waals surface area contributed by atoms with Crippen LogP contribution < -0.4 is 5.32 Å². The molecule has 1 aliphatic heterocycles. The van der Waals surface area contributed by atoms with E-state index in [1.807, 2.05) is 61.5 Å². The lowest BCUT2D eigenvalue weighted by Gasteiger charge is -2.19. The first-order valence-electron chi connectivity index (χ1n) is 14.9. The maximum atomic E-state index is 13.9. The van der Waals surface area contributed by atoms with Gasteiger partial charge < -0.3 is 5.32 Å². The number of carbonyl (C=O) groups excluding carboxylic acids is 1. The van der Waals surface area contributed by atoms with Gasteiger partial charge in [-0.1, -0.05) is 91.9 Å². The third kappa shape index (κ3) is 6.11. The highest BCUT2D eigenvalue weighted by atomic mass is 32.2. The van der Waals surface area contributed by atoms with Crippen molar-refractivity contribution in [1.29, 1.82) is 0 Å². The highest BCUT2D eigenvalue weighted by Gasteiger charge is 2.32. The van der Waals surface area contributed by atoms with E-state index in [0.717, 1.165) is 18.4 Å². The second kappa shape index (κ2) is 12.1. The molecule has 3 aromatic carbocycles. The van der Waals surface area contributed by atoms with Crippen LogP contribution in [0.2, 0.25) is 0 Å². The molecule has 7 nitrogen and oxygen atoms in total. The minimum Gasteiger partial charge on any atom is -0.352 e. The van der Waals surface area contributed by atoms with E-state index in [9.17, 15) is 13.2 Å². The Morgan fingerprint density at radius 1 is 0.977 bits per heavy atom. The van der Waals surface area contributed by atoms with Crippen molar-refractivity contribution in [1.82, 2.24) is 20.1 Å². The van der Waals surface area contributed by atoms with Crippen molar-refractivity contribution in [2.45, 2.75) is 45.1 Å². The van der Waals surface area contributed by atoms with Crippen molar-refractivity contribution >= 4 is 26.8 Å². The van der Waals surface area contributed by atoms with Gasteiger partial charge in [0.05, 0.1) is 39.9 Å². The van der Waals surface area contributed by atoms with E-state index in [2.05, 4.69) is 48.6 Å². The fourth-order valence-electron chi connectivity index (χ4n) is 6.10. The minimum absolute atomic E-state index is 0.0300. The lowest BCUT2D eigenvalue weighted by molar-refractivity contribution is 0.0954. The van der Waals surface area contributed by atoms with E-state index in [-0.39, 0.29) is 29.4 Å². The fourth-order valence-corrected chi connectivity index (χ4v) is 7.79. The van der Waals surface area contributed by atoms with E-state index >= 15 is 0 Å². The van der Waals surface area contributed by atoms with Crippen LogP contribution in [0.5, 0.6) is 0 Å². The van der Waals surface area contributed by atoms with Crippen molar-refractivity contribution in [3.63, 3.8) is 0 Å². The number of aryl methyl sites for hydroxylation is 2. The average Bonchev–Trinajstić information content (AvgIpc) is 3.57. The van der Waals surface area contributed by atoms with Gasteiger partial charge in [0, 0.05) is 18.0 Å². The number of amides is 1. The van der Waals surface area contributed by atoms with Crippen molar-refractivity contribution in [2.75, 3.05) is 18.1 Å². The summed E-state index contributed by atoms with van der Waals surface area (Å²) in [5.74, 6) is 0.109. The van der Waals surface area contributed by atoms with Gasteiger partial charge in [-0.3, -0.25) is 4.79 Å². The topological polar surface area (TPSA) is 94.0 Å². The van der Waals surface area contributed by atoms with Crippen molar-refractivity contribution < 1.29 is 13.2 Å². The Balaban J connectivity index is 1.34. The largest absolute Gasteiger partial charge is 0.352 e. The summed E-state index contributed by atoms with van der Waals surface area (Å²) in [5.41, 5.74) is 6.89. The number of aromatic nitrogens is 3. The van der Waals surface area contributed by atoms with Crippen LogP contribution in [-0.2, 0) is 16.3 Å². The zero-order valence-corrected chi connectivity index (χ0v) is 25.3. The molecule has 1 N–H and O–H groups in total. The second-order valence-electron chi connectivity index (χ2n) is 11.3. The lowest BCUT2D eigenvalue weighted by Crippen LogP contribution is -2.26. The highest BCUT2D eigenvalue weighted by Crippen LogP contribution is 2.33. The summed E-state index contributed by atoms with van der Waals surface area (Å²) in [6.45, 7) is 4.45. The number of nitrogens with zero attached hydrogens (tertiary/aromatic N) is 3. The van der Waals surface area contributed by atoms with Gasteiger partial charge in [0.15, 0.2) is 15.5 Å². The molecule has 1 atom stereocenters. The van der Waals surface area contributed by atoms with Crippen LogP contribution in [0.4, 0.5) is 0 Å². The molecule has 1 amide bonds. The predicted octanol–water partition coefficient (Wildman–Crippen LogP) is 6.28. The standard InChI is InChI=1S/C35H36N4O3S/c1-3-25-14-16-28(17-15-25)32-22-31(33-24(2)38-39(34(33)37-32)29-19-21-43(41,42)23-29)35(40)36-20-18-30(26-10-6-4-7-11-26)27-12-8-5-9-13-27/h4-17,22,29-30H,3,18-21,23H2,1-2H3,(H,36,40). The van der Waals surface area contributed by atoms with Crippen LogP contribution in [0.25, 0.3) is 22.3 Å². The Kier molecular flexibility index (Phi) is 8.13. The fraction of sp³-hybridized carbons (Fsp3) is 0.286. The predicted molar refractivity (Wildman–Crippen MR) is 171 cm³/mol. The Labute approximate surface area is 252 Å². The molecule has 1 unspecified atom stereocenters. The van der Waals surface area contributed by atoms with E-state index in [0.29, 0.717) is 41.0 Å². The molecule has 0 radical (unpaired) electrons. The summed E-state index contributed by atoms with van der Waals surface area (Å²) in [6, 6.07) is 30.4. The minimum atomic E-state index is -3.13. The summed E-state index contributed by atoms with van der Waals surface area (Å²) in [4.78, 5) is 18.9. The average molecular weight is 593 g/mol. The van der Waals surface area contributed by atoms with Gasteiger partial charge in [0.25, 0.3) is 5.91 Å². The molecular weight excluding hydrogens is 556 g/mol. The Morgan fingerprint density at radius 2 is 1.63 bits per heavy atom. The van der Waals surface area contributed by atoms with Crippen molar-refractivity contribution in [2.24, 2.45) is 0 Å². The first-order chi connectivity index (χ1) is 20.8. The molecule has 0 aliphatic carbocycles. The molecule has 3 heterocycles. The molecule has 0 spiro atoms. The molecule has 5 aromatic rings.